The highest BCUT2D eigenvalue weighted by Gasteiger charge is 2.10. The number of para-hydroxylation sites is 1. The molecule has 0 saturated carbocycles. The number of rotatable bonds is 3. The van der Waals surface area contributed by atoms with Crippen molar-refractivity contribution in [2.24, 2.45) is 0 Å². The maximum atomic E-state index is 5.21. The minimum atomic E-state index is 0.384. The van der Waals surface area contributed by atoms with Crippen LogP contribution in [0.25, 0.3) is 10.9 Å². The summed E-state index contributed by atoms with van der Waals surface area (Å²) in [5.41, 5.74) is 2.58. The molecule has 1 aromatic heterocycles. The summed E-state index contributed by atoms with van der Waals surface area (Å²) in [5, 5.41) is 1.30. The van der Waals surface area contributed by atoms with Crippen molar-refractivity contribution < 1.29 is 4.74 Å². The first kappa shape index (κ1) is 10.2. The number of fused-ring (bicyclic) bond motifs is 1. The van der Waals surface area contributed by atoms with Crippen LogP contribution < -0.4 is 0 Å². The van der Waals surface area contributed by atoms with E-state index in [1.54, 1.807) is 7.11 Å². The lowest BCUT2D eigenvalue weighted by Gasteiger charge is -2.16. The Bertz CT molecular complexity index is 459. The average Bonchev–Trinajstić information content (AvgIpc) is 2.54. The summed E-state index contributed by atoms with van der Waals surface area (Å²) >= 11 is 0. The molecule has 15 heavy (non-hydrogen) atoms. The van der Waals surface area contributed by atoms with Crippen LogP contribution in [0, 0.1) is 6.92 Å². The maximum Gasteiger partial charge on any atom is 0.0667 e. The molecule has 0 aliphatic heterocycles. The molecule has 1 heterocycles. The molecule has 0 aliphatic carbocycles. The molecule has 0 spiro atoms. The van der Waals surface area contributed by atoms with Gasteiger partial charge in [-0.3, -0.25) is 0 Å². The van der Waals surface area contributed by atoms with Gasteiger partial charge in [-0.05, 0) is 31.4 Å². The molecule has 0 saturated heterocycles. The highest BCUT2D eigenvalue weighted by Crippen LogP contribution is 2.23. The fraction of sp³-hybridized carbons (Fsp3) is 0.385. The van der Waals surface area contributed by atoms with E-state index in [2.05, 4.69) is 48.7 Å². The fourth-order valence-electron chi connectivity index (χ4n) is 2.21. The Hall–Kier alpha value is -1.28. The summed E-state index contributed by atoms with van der Waals surface area (Å²) in [6.07, 6.45) is 0. The summed E-state index contributed by atoms with van der Waals surface area (Å²) in [7, 11) is 1.75. The van der Waals surface area contributed by atoms with Crippen molar-refractivity contribution in [1.29, 1.82) is 0 Å². The van der Waals surface area contributed by atoms with E-state index >= 15 is 0 Å². The van der Waals surface area contributed by atoms with Crippen molar-refractivity contribution in [2.45, 2.75) is 19.9 Å². The third-order valence-electron chi connectivity index (χ3n) is 2.79. The van der Waals surface area contributed by atoms with Gasteiger partial charge < -0.3 is 9.30 Å². The molecule has 2 nitrogen and oxygen atoms in total. The number of hydrogen-bond donors (Lipinski definition) is 0. The summed E-state index contributed by atoms with van der Waals surface area (Å²) in [5.74, 6) is 0. The molecule has 80 valence electrons. The summed E-state index contributed by atoms with van der Waals surface area (Å²) in [6.45, 7) is 5.08. The van der Waals surface area contributed by atoms with Gasteiger partial charge in [0.1, 0.15) is 0 Å². The van der Waals surface area contributed by atoms with Gasteiger partial charge in [0.15, 0.2) is 0 Å². The number of nitrogens with zero attached hydrogens (tertiary/aromatic N) is 1. The lowest BCUT2D eigenvalue weighted by molar-refractivity contribution is 0.163. The smallest absolute Gasteiger partial charge is 0.0667 e. The molecule has 2 aromatic rings. The second-order valence-corrected chi connectivity index (χ2v) is 4.02. The maximum absolute atomic E-state index is 5.21. The summed E-state index contributed by atoms with van der Waals surface area (Å²) in [4.78, 5) is 0. The zero-order valence-electron chi connectivity index (χ0n) is 9.53. The number of benzene rings is 1. The van der Waals surface area contributed by atoms with Crippen LogP contribution in [0.5, 0.6) is 0 Å². The number of hydrogen-bond acceptors (Lipinski definition) is 1. The van der Waals surface area contributed by atoms with E-state index in [1.807, 2.05) is 0 Å². The molecule has 2 rings (SSSR count). The van der Waals surface area contributed by atoms with Gasteiger partial charge in [-0.25, -0.2) is 0 Å². The van der Waals surface area contributed by atoms with Crippen molar-refractivity contribution in [3.8, 4) is 0 Å². The predicted octanol–water partition coefficient (Wildman–Crippen LogP) is 3.16. The van der Waals surface area contributed by atoms with Crippen molar-refractivity contribution >= 4 is 10.9 Å². The minimum Gasteiger partial charge on any atom is -0.383 e. The van der Waals surface area contributed by atoms with E-state index in [1.165, 1.54) is 16.6 Å². The fourth-order valence-corrected chi connectivity index (χ4v) is 2.21. The molecule has 0 fully saturated rings. The topological polar surface area (TPSA) is 14.2 Å². The van der Waals surface area contributed by atoms with Gasteiger partial charge in [0, 0.05) is 18.3 Å². The average molecular weight is 203 g/mol. The first-order chi connectivity index (χ1) is 7.24. The Balaban J connectivity index is 2.53. The Morgan fingerprint density at radius 3 is 2.80 bits per heavy atom. The van der Waals surface area contributed by atoms with E-state index in [0.29, 0.717) is 6.04 Å². The largest absolute Gasteiger partial charge is 0.383 e. The normalized spacial score (nSPS) is 13.3. The van der Waals surface area contributed by atoms with Crippen LogP contribution in [-0.4, -0.2) is 18.3 Å². The van der Waals surface area contributed by atoms with Crippen LogP contribution in [0.1, 0.15) is 18.7 Å². The Kier molecular flexibility index (Phi) is 2.78. The van der Waals surface area contributed by atoms with Crippen LogP contribution in [0.3, 0.4) is 0 Å². The summed E-state index contributed by atoms with van der Waals surface area (Å²) < 4.78 is 7.54. The molecule has 0 bridgehead atoms. The van der Waals surface area contributed by atoms with Crippen LogP contribution in [-0.2, 0) is 4.74 Å². The number of ether oxygens (including phenoxy) is 1. The zero-order chi connectivity index (χ0) is 10.8. The Labute approximate surface area is 90.5 Å². The molecule has 1 atom stereocenters. The molecule has 1 unspecified atom stereocenters. The quantitative estimate of drug-likeness (QED) is 0.747. The second-order valence-electron chi connectivity index (χ2n) is 4.02. The SMILES string of the molecule is COCC(C)n1c(C)cc2ccccc21. The van der Waals surface area contributed by atoms with Gasteiger partial charge in [0.2, 0.25) is 0 Å². The van der Waals surface area contributed by atoms with Gasteiger partial charge in [0.25, 0.3) is 0 Å². The number of methoxy groups -OCH3 is 1. The predicted molar refractivity (Wildman–Crippen MR) is 63.3 cm³/mol. The van der Waals surface area contributed by atoms with Gasteiger partial charge in [-0.2, -0.15) is 0 Å². The minimum absolute atomic E-state index is 0.384. The molecular weight excluding hydrogens is 186 g/mol. The van der Waals surface area contributed by atoms with E-state index in [0.717, 1.165) is 6.61 Å². The monoisotopic (exact) mass is 203 g/mol. The van der Waals surface area contributed by atoms with E-state index in [4.69, 9.17) is 4.74 Å². The number of aryl methyl sites for hydroxylation is 1. The summed E-state index contributed by atoms with van der Waals surface area (Å²) in [6, 6.07) is 11.1. The zero-order valence-corrected chi connectivity index (χ0v) is 9.53. The molecule has 0 radical (unpaired) electrons. The lowest BCUT2D eigenvalue weighted by Crippen LogP contribution is -2.11. The Morgan fingerprint density at radius 2 is 2.07 bits per heavy atom. The first-order valence-corrected chi connectivity index (χ1v) is 5.29. The molecule has 0 amide bonds. The molecule has 2 heteroatoms. The van der Waals surface area contributed by atoms with E-state index in [-0.39, 0.29) is 0 Å². The molecular formula is C13H17NO. The van der Waals surface area contributed by atoms with Gasteiger partial charge >= 0.3 is 0 Å². The molecule has 0 aliphatic rings. The van der Waals surface area contributed by atoms with Crippen molar-refractivity contribution in [3.63, 3.8) is 0 Å². The van der Waals surface area contributed by atoms with Crippen LogP contribution >= 0.6 is 0 Å². The third kappa shape index (κ3) is 1.77. The standard InChI is InChI=1S/C13H17NO/c1-10-8-12-6-4-5-7-13(12)14(10)11(2)9-15-3/h4-8,11H,9H2,1-3H3. The second kappa shape index (κ2) is 4.07. The van der Waals surface area contributed by atoms with Crippen molar-refractivity contribution in [3.05, 3.63) is 36.0 Å². The molecule has 1 aromatic carbocycles. The van der Waals surface area contributed by atoms with Crippen molar-refractivity contribution in [2.75, 3.05) is 13.7 Å². The van der Waals surface area contributed by atoms with Crippen LogP contribution in [0.4, 0.5) is 0 Å². The first-order valence-electron chi connectivity index (χ1n) is 5.29. The Morgan fingerprint density at radius 1 is 1.33 bits per heavy atom. The van der Waals surface area contributed by atoms with E-state index in [9.17, 15) is 0 Å². The number of aromatic nitrogens is 1. The molecule has 0 N–H and O–H groups in total. The van der Waals surface area contributed by atoms with Gasteiger partial charge in [-0.15, -0.1) is 0 Å². The lowest BCUT2D eigenvalue weighted by atomic mass is 10.2. The van der Waals surface area contributed by atoms with Crippen molar-refractivity contribution in [1.82, 2.24) is 4.57 Å². The van der Waals surface area contributed by atoms with Crippen LogP contribution in [0.2, 0.25) is 0 Å². The van der Waals surface area contributed by atoms with Gasteiger partial charge in [0.05, 0.1) is 12.6 Å². The van der Waals surface area contributed by atoms with E-state index < -0.39 is 0 Å². The van der Waals surface area contributed by atoms with Gasteiger partial charge in [-0.1, -0.05) is 18.2 Å². The third-order valence-corrected chi connectivity index (χ3v) is 2.79. The highest BCUT2D eigenvalue weighted by molar-refractivity contribution is 5.81. The highest BCUT2D eigenvalue weighted by atomic mass is 16.5. The van der Waals surface area contributed by atoms with Crippen LogP contribution in [0.15, 0.2) is 30.3 Å².